The first-order valence-corrected chi connectivity index (χ1v) is 6.33. The van der Waals surface area contributed by atoms with Gasteiger partial charge in [0, 0.05) is 19.6 Å². The summed E-state index contributed by atoms with van der Waals surface area (Å²) in [4.78, 5) is 14.3. The highest BCUT2D eigenvalue weighted by Gasteiger charge is 2.46. The Balaban J connectivity index is 1.67. The second kappa shape index (κ2) is 4.15. The lowest BCUT2D eigenvalue weighted by molar-refractivity contribution is -0.127. The molecule has 17 heavy (non-hydrogen) atoms. The van der Waals surface area contributed by atoms with Crippen molar-refractivity contribution in [3.63, 3.8) is 0 Å². The van der Waals surface area contributed by atoms with Gasteiger partial charge in [-0.2, -0.15) is 0 Å². The van der Waals surface area contributed by atoms with E-state index >= 15 is 0 Å². The minimum atomic E-state index is -0.0746. The Kier molecular flexibility index (Phi) is 2.63. The molecule has 2 aliphatic heterocycles. The molecule has 2 aliphatic rings. The molecule has 0 bridgehead atoms. The van der Waals surface area contributed by atoms with Gasteiger partial charge >= 0.3 is 0 Å². The molecule has 3 nitrogen and oxygen atoms in total. The van der Waals surface area contributed by atoms with E-state index in [1.54, 1.807) is 0 Å². The van der Waals surface area contributed by atoms with Crippen molar-refractivity contribution < 1.29 is 4.79 Å². The lowest BCUT2D eigenvalue weighted by atomic mass is 9.86. The first-order chi connectivity index (χ1) is 8.28. The third-order valence-electron chi connectivity index (χ3n) is 4.05. The molecule has 0 aliphatic carbocycles. The summed E-state index contributed by atoms with van der Waals surface area (Å²) in [5, 5.41) is 2.97. The molecule has 1 atom stereocenters. The van der Waals surface area contributed by atoms with Crippen LogP contribution >= 0.6 is 0 Å². The van der Waals surface area contributed by atoms with E-state index in [9.17, 15) is 4.79 Å². The molecule has 1 aromatic rings. The van der Waals surface area contributed by atoms with Crippen molar-refractivity contribution in [3.05, 3.63) is 35.9 Å². The highest BCUT2D eigenvalue weighted by molar-refractivity contribution is 5.85. The zero-order valence-electron chi connectivity index (χ0n) is 9.98. The van der Waals surface area contributed by atoms with Crippen molar-refractivity contribution >= 4 is 5.91 Å². The fourth-order valence-electron chi connectivity index (χ4n) is 3.04. The first-order valence-electron chi connectivity index (χ1n) is 6.33. The molecule has 0 radical (unpaired) electrons. The number of nitrogens with zero attached hydrogens (tertiary/aromatic N) is 1. The summed E-state index contributed by atoms with van der Waals surface area (Å²) in [6.07, 6.45) is 2.03. The van der Waals surface area contributed by atoms with Gasteiger partial charge in [0.25, 0.3) is 0 Å². The number of hydrogen-bond acceptors (Lipinski definition) is 2. The highest BCUT2D eigenvalue weighted by atomic mass is 16.2. The standard InChI is InChI=1S/C14H18N2O/c17-13-14(6-8-15-13)7-9-16(11-14)10-12-4-2-1-3-5-12/h1-5H,6-11H2,(H,15,17)/t14-/m1/s1. The molecule has 1 aromatic carbocycles. The lowest BCUT2D eigenvalue weighted by Gasteiger charge is -2.21. The van der Waals surface area contributed by atoms with Gasteiger partial charge in [0.1, 0.15) is 0 Å². The first kappa shape index (κ1) is 10.8. The average Bonchev–Trinajstić information content (AvgIpc) is 2.90. The van der Waals surface area contributed by atoms with Crippen LogP contribution in [0, 0.1) is 5.41 Å². The molecule has 0 saturated carbocycles. The van der Waals surface area contributed by atoms with Crippen LogP contribution in [0.4, 0.5) is 0 Å². The summed E-state index contributed by atoms with van der Waals surface area (Å²) < 4.78 is 0. The Labute approximate surface area is 102 Å². The molecule has 2 heterocycles. The molecule has 1 amide bonds. The molecule has 2 fully saturated rings. The predicted molar refractivity (Wildman–Crippen MR) is 66.4 cm³/mol. The molecule has 3 rings (SSSR count). The second-order valence-electron chi connectivity index (χ2n) is 5.23. The van der Waals surface area contributed by atoms with Crippen LogP contribution in [0.5, 0.6) is 0 Å². The van der Waals surface area contributed by atoms with Gasteiger partial charge < -0.3 is 5.32 Å². The van der Waals surface area contributed by atoms with E-state index in [2.05, 4.69) is 34.5 Å². The molecule has 1 spiro atoms. The number of amides is 1. The highest BCUT2D eigenvalue weighted by Crippen LogP contribution is 2.37. The summed E-state index contributed by atoms with van der Waals surface area (Å²) >= 11 is 0. The van der Waals surface area contributed by atoms with Gasteiger partial charge in [-0.05, 0) is 24.9 Å². The topological polar surface area (TPSA) is 32.3 Å². The minimum Gasteiger partial charge on any atom is -0.356 e. The van der Waals surface area contributed by atoms with Crippen LogP contribution in [-0.4, -0.2) is 30.4 Å². The van der Waals surface area contributed by atoms with E-state index < -0.39 is 0 Å². The Hall–Kier alpha value is -1.35. The largest absolute Gasteiger partial charge is 0.356 e. The monoisotopic (exact) mass is 230 g/mol. The average molecular weight is 230 g/mol. The van der Waals surface area contributed by atoms with Gasteiger partial charge in [-0.1, -0.05) is 30.3 Å². The fourth-order valence-corrected chi connectivity index (χ4v) is 3.04. The summed E-state index contributed by atoms with van der Waals surface area (Å²) in [5.74, 6) is 0.271. The quantitative estimate of drug-likeness (QED) is 0.833. The Morgan fingerprint density at radius 2 is 2.06 bits per heavy atom. The third-order valence-corrected chi connectivity index (χ3v) is 4.05. The number of nitrogens with one attached hydrogen (secondary N) is 1. The summed E-state index contributed by atoms with van der Waals surface area (Å²) in [5.41, 5.74) is 1.26. The maximum atomic E-state index is 11.9. The maximum Gasteiger partial charge on any atom is 0.227 e. The minimum absolute atomic E-state index is 0.0746. The van der Waals surface area contributed by atoms with E-state index in [1.807, 2.05) is 6.07 Å². The number of benzene rings is 1. The van der Waals surface area contributed by atoms with Crippen molar-refractivity contribution in [2.75, 3.05) is 19.6 Å². The van der Waals surface area contributed by atoms with Crippen molar-refractivity contribution in [2.45, 2.75) is 19.4 Å². The van der Waals surface area contributed by atoms with E-state index in [1.165, 1.54) is 5.56 Å². The van der Waals surface area contributed by atoms with Crippen molar-refractivity contribution in [1.29, 1.82) is 0 Å². The van der Waals surface area contributed by atoms with Crippen molar-refractivity contribution in [1.82, 2.24) is 10.2 Å². The van der Waals surface area contributed by atoms with Crippen LogP contribution in [0.25, 0.3) is 0 Å². The second-order valence-corrected chi connectivity index (χ2v) is 5.23. The molecule has 3 heteroatoms. The molecule has 0 aromatic heterocycles. The SMILES string of the molecule is O=C1NCC[C@]12CCN(Cc1ccccc1)C2. The Morgan fingerprint density at radius 3 is 2.76 bits per heavy atom. The van der Waals surface area contributed by atoms with Gasteiger partial charge in [-0.25, -0.2) is 0 Å². The van der Waals surface area contributed by atoms with Crippen LogP contribution in [0.2, 0.25) is 0 Å². The number of likely N-dealkylation sites (tertiary alicyclic amines) is 1. The molecule has 2 saturated heterocycles. The van der Waals surface area contributed by atoms with Crippen LogP contribution in [-0.2, 0) is 11.3 Å². The Bertz CT molecular complexity index is 417. The number of carbonyl (C=O) groups excluding carboxylic acids is 1. The molecule has 0 unspecified atom stereocenters. The number of carbonyl (C=O) groups is 1. The fraction of sp³-hybridized carbons (Fsp3) is 0.500. The van der Waals surface area contributed by atoms with Gasteiger partial charge in [0.15, 0.2) is 0 Å². The van der Waals surface area contributed by atoms with E-state index in [-0.39, 0.29) is 11.3 Å². The zero-order chi connectivity index (χ0) is 11.7. The smallest absolute Gasteiger partial charge is 0.227 e. The van der Waals surface area contributed by atoms with Gasteiger partial charge in [-0.3, -0.25) is 9.69 Å². The summed E-state index contributed by atoms with van der Waals surface area (Å²) in [7, 11) is 0. The maximum absolute atomic E-state index is 11.9. The zero-order valence-corrected chi connectivity index (χ0v) is 9.98. The third kappa shape index (κ3) is 1.95. The van der Waals surface area contributed by atoms with E-state index in [0.29, 0.717) is 0 Å². The number of rotatable bonds is 2. The van der Waals surface area contributed by atoms with E-state index in [4.69, 9.17) is 0 Å². The van der Waals surface area contributed by atoms with Crippen LogP contribution < -0.4 is 5.32 Å². The summed E-state index contributed by atoms with van der Waals surface area (Å²) in [6.45, 7) is 3.80. The van der Waals surface area contributed by atoms with Crippen LogP contribution in [0.3, 0.4) is 0 Å². The van der Waals surface area contributed by atoms with Crippen molar-refractivity contribution in [3.8, 4) is 0 Å². The molecular weight excluding hydrogens is 212 g/mol. The summed E-state index contributed by atoms with van der Waals surface area (Å²) in [6, 6.07) is 10.5. The van der Waals surface area contributed by atoms with Gasteiger partial charge in [0.05, 0.1) is 5.41 Å². The van der Waals surface area contributed by atoms with Gasteiger partial charge in [0.2, 0.25) is 5.91 Å². The molecular formula is C14H18N2O. The molecule has 90 valence electrons. The van der Waals surface area contributed by atoms with Crippen LogP contribution in [0.15, 0.2) is 30.3 Å². The lowest BCUT2D eigenvalue weighted by Crippen LogP contribution is -2.34. The normalized spacial score (nSPS) is 28.8. The molecule has 1 N–H and O–H groups in total. The Morgan fingerprint density at radius 1 is 1.24 bits per heavy atom. The van der Waals surface area contributed by atoms with E-state index in [0.717, 1.165) is 39.0 Å². The van der Waals surface area contributed by atoms with Gasteiger partial charge in [-0.15, -0.1) is 0 Å². The van der Waals surface area contributed by atoms with Crippen LogP contribution in [0.1, 0.15) is 18.4 Å². The number of hydrogen-bond donors (Lipinski definition) is 1. The predicted octanol–water partition coefficient (Wildman–Crippen LogP) is 1.40. The van der Waals surface area contributed by atoms with Crippen molar-refractivity contribution in [2.24, 2.45) is 5.41 Å².